The normalized spacial score (nSPS) is 15.0. The Labute approximate surface area is 182 Å². The van der Waals surface area contributed by atoms with Crippen molar-refractivity contribution in [2.75, 3.05) is 6.54 Å². The molecule has 1 amide bonds. The number of hydrogen-bond acceptors (Lipinski definition) is 3. The summed E-state index contributed by atoms with van der Waals surface area (Å²) in [5.41, 5.74) is 3.69. The molecule has 0 unspecified atom stereocenters. The molecule has 4 rings (SSSR count). The number of benzene rings is 1. The fourth-order valence-electron chi connectivity index (χ4n) is 4.66. The molecule has 1 aliphatic rings. The Balaban J connectivity index is 1.60. The zero-order valence-corrected chi connectivity index (χ0v) is 18.5. The van der Waals surface area contributed by atoms with E-state index in [0.29, 0.717) is 11.9 Å². The quantitative estimate of drug-likeness (QED) is 0.604. The third kappa shape index (κ3) is 4.07. The lowest BCUT2D eigenvalue weighted by Gasteiger charge is -2.19. The largest absolute Gasteiger partial charge is 0.354 e. The number of carbonyl (C=O) groups excluding carboxylic acids is 1. The number of aromatic nitrogens is 3. The molecule has 6 heteroatoms. The molecule has 6 nitrogen and oxygen atoms in total. The number of nitrogens with zero attached hydrogens (tertiary/aromatic N) is 3. The maximum absolute atomic E-state index is 13.2. The van der Waals surface area contributed by atoms with Gasteiger partial charge in [0.1, 0.15) is 6.04 Å². The van der Waals surface area contributed by atoms with E-state index in [9.17, 15) is 9.59 Å². The van der Waals surface area contributed by atoms with Crippen LogP contribution in [0.25, 0.3) is 16.5 Å². The van der Waals surface area contributed by atoms with Crippen molar-refractivity contribution in [1.29, 1.82) is 0 Å². The van der Waals surface area contributed by atoms with Gasteiger partial charge in [0, 0.05) is 23.3 Å². The zero-order chi connectivity index (χ0) is 22.0. The maximum atomic E-state index is 13.2. The van der Waals surface area contributed by atoms with Crippen LogP contribution in [0.1, 0.15) is 56.5 Å². The number of para-hydroxylation sites is 1. The Morgan fingerprint density at radius 2 is 1.94 bits per heavy atom. The molecule has 0 bridgehead atoms. The summed E-state index contributed by atoms with van der Waals surface area (Å²) in [5.74, 6) is -0.0285. The molecule has 0 saturated heterocycles. The highest BCUT2D eigenvalue weighted by atomic mass is 16.2. The zero-order valence-electron chi connectivity index (χ0n) is 18.5. The van der Waals surface area contributed by atoms with Gasteiger partial charge in [-0.2, -0.15) is 9.78 Å². The highest BCUT2D eigenvalue weighted by Crippen LogP contribution is 2.26. The number of nitrogens with one attached hydrogen (secondary N) is 1. The van der Waals surface area contributed by atoms with Crippen molar-refractivity contribution in [2.45, 2.75) is 58.9 Å². The summed E-state index contributed by atoms with van der Waals surface area (Å²) >= 11 is 0. The minimum absolute atomic E-state index is 0.0285. The van der Waals surface area contributed by atoms with Gasteiger partial charge in [0.25, 0.3) is 5.56 Å². The summed E-state index contributed by atoms with van der Waals surface area (Å²) in [6.45, 7) is 6.39. The third-order valence-corrected chi connectivity index (χ3v) is 6.35. The van der Waals surface area contributed by atoms with Crippen molar-refractivity contribution in [1.82, 2.24) is 19.7 Å². The fraction of sp³-hybridized carbons (Fsp3) is 0.400. The van der Waals surface area contributed by atoms with Gasteiger partial charge in [0.2, 0.25) is 5.91 Å². The van der Waals surface area contributed by atoms with Gasteiger partial charge >= 0.3 is 0 Å². The van der Waals surface area contributed by atoms with Gasteiger partial charge in [-0.05, 0) is 65.0 Å². The predicted octanol–water partition coefficient (Wildman–Crippen LogP) is 4.37. The molecule has 1 atom stereocenters. The number of aryl methyl sites for hydroxylation is 2. The molecule has 0 spiro atoms. The van der Waals surface area contributed by atoms with Crippen LogP contribution in [0.5, 0.6) is 0 Å². The van der Waals surface area contributed by atoms with Crippen LogP contribution in [-0.2, 0) is 4.79 Å². The molecule has 31 heavy (non-hydrogen) atoms. The standard InChI is InChI=1S/C25H30N4O2/c1-17-22-16-27-29(21-12-8-5-9-13-21)25(31)23(22)18(2)28(17)19(3)24(30)26-15-14-20-10-6-4-7-11-20/h5,8-10,12-13,16,19H,4,6-7,11,14-15H2,1-3H3,(H,26,30)/t19-/m1/s1. The number of fused-ring (bicyclic) bond motifs is 1. The topological polar surface area (TPSA) is 68.9 Å². The first-order chi connectivity index (χ1) is 15.0. The molecule has 1 aromatic carbocycles. The maximum Gasteiger partial charge on any atom is 0.281 e. The minimum Gasteiger partial charge on any atom is -0.354 e. The molecule has 162 valence electrons. The Morgan fingerprint density at radius 3 is 2.65 bits per heavy atom. The van der Waals surface area contributed by atoms with Crippen molar-refractivity contribution in [2.24, 2.45) is 0 Å². The van der Waals surface area contributed by atoms with Crippen LogP contribution < -0.4 is 10.9 Å². The van der Waals surface area contributed by atoms with E-state index in [4.69, 9.17) is 0 Å². The van der Waals surface area contributed by atoms with Gasteiger partial charge < -0.3 is 9.88 Å². The van der Waals surface area contributed by atoms with Crippen LogP contribution in [0.4, 0.5) is 0 Å². The number of allylic oxidation sites excluding steroid dienone is 1. The van der Waals surface area contributed by atoms with E-state index in [1.165, 1.54) is 23.1 Å². The van der Waals surface area contributed by atoms with Crippen molar-refractivity contribution in [3.63, 3.8) is 0 Å². The summed E-state index contributed by atoms with van der Waals surface area (Å²) in [7, 11) is 0. The van der Waals surface area contributed by atoms with Gasteiger partial charge in [-0.1, -0.05) is 29.8 Å². The van der Waals surface area contributed by atoms with E-state index >= 15 is 0 Å². The molecule has 0 radical (unpaired) electrons. The summed E-state index contributed by atoms with van der Waals surface area (Å²) < 4.78 is 3.38. The molecule has 2 heterocycles. The lowest BCUT2D eigenvalue weighted by atomic mass is 9.97. The van der Waals surface area contributed by atoms with Crippen LogP contribution in [-0.4, -0.2) is 26.8 Å². The lowest BCUT2D eigenvalue weighted by Crippen LogP contribution is -2.32. The van der Waals surface area contributed by atoms with Gasteiger partial charge in [-0.3, -0.25) is 9.59 Å². The van der Waals surface area contributed by atoms with Gasteiger partial charge in [-0.25, -0.2) is 0 Å². The number of hydrogen-bond donors (Lipinski definition) is 1. The molecule has 0 aliphatic heterocycles. The van der Waals surface area contributed by atoms with Crippen LogP contribution in [0.15, 0.2) is 53.0 Å². The average molecular weight is 419 g/mol. The Bertz CT molecular complexity index is 1190. The molecular weight excluding hydrogens is 388 g/mol. The van der Waals surface area contributed by atoms with Gasteiger partial charge in [0.05, 0.1) is 17.3 Å². The minimum atomic E-state index is -0.405. The summed E-state index contributed by atoms with van der Waals surface area (Å²) in [6, 6.07) is 8.98. The van der Waals surface area contributed by atoms with Crippen molar-refractivity contribution >= 4 is 16.7 Å². The second-order valence-corrected chi connectivity index (χ2v) is 8.35. The lowest BCUT2D eigenvalue weighted by molar-refractivity contribution is -0.123. The Morgan fingerprint density at radius 1 is 1.16 bits per heavy atom. The Hall–Kier alpha value is -3.15. The van der Waals surface area contributed by atoms with Crippen LogP contribution in [0.2, 0.25) is 0 Å². The van der Waals surface area contributed by atoms with E-state index in [2.05, 4.69) is 16.5 Å². The molecule has 0 saturated carbocycles. The van der Waals surface area contributed by atoms with E-state index in [-0.39, 0.29) is 11.5 Å². The van der Waals surface area contributed by atoms with Crippen molar-refractivity contribution in [3.05, 3.63) is 69.9 Å². The molecule has 1 N–H and O–H groups in total. The van der Waals surface area contributed by atoms with Crippen LogP contribution in [0.3, 0.4) is 0 Å². The fourth-order valence-corrected chi connectivity index (χ4v) is 4.66. The highest BCUT2D eigenvalue weighted by molar-refractivity contribution is 5.89. The molecule has 0 fully saturated rings. The Kier molecular flexibility index (Phi) is 6.07. The monoisotopic (exact) mass is 418 g/mol. The highest BCUT2D eigenvalue weighted by Gasteiger charge is 2.23. The van der Waals surface area contributed by atoms with E-state index in [0.717, 1.165) is 41.7 Å². The number of amides is 1. The van der Waals surface area contributed by atoms with E-state index in [1.807, 2.05) is 55.7 Å². The molecule has 1 aliphatic carbocycles. The first-order valence-corrected chi connectivity index (χ1v) is 11.1. The second kappa shape index (κ2) is 8.92. The first-order valence-electron chi connectivity index (χ1n) is 11.1. The third-order valence-electron chi connectivity index (χ3n) is 6.35. The summed E-state index contributed by atoms with van der Waals surface area (Å²) in [6.07, 6.45) is 9.78. The molecular formula is C25H30N4O2. The SMILES string of the molecule is Cc1c2cnn(-c3ccccc3)c(=O)c2c(C)n1[C@H](C)C(=O)NCCC1=CCCCC1. The summed E-state index contributed by atoms with van der Waals surface area (Å²) in [5, 5.41) is 8.87. The summed E-state index contributed by atoms with van der Waals surface area (Å²) in [4.78, 5) is 26.1. The first kappa shape index (κ1) is 21.1. The average Bonchev–Trinajstić information content (AvgIpc) is 3.05. The van der Waals surface area contributed by atoms with E-state index < -0.39 is 6.04 Å². The van der Waals surface area contributed by atoms with E-state index in [1.54, 1.807) is 6.20 Å². The van der Waals surface area contributed by atoms with Crippen molar-refractivity contribution in [3.8, 4) is 5.69 Å². The molecule has 3 aromatic rings. The van der Waals surface area contributed by atoms with Crippen LogP contribution >= 0.6 is 0 Å². The van der Waals surface area contributed by atoms with Crippen LogP contribution in [0, 0.1) is 13.8 Å². The van der Waals surface area contributed by atoms with Gasteiger partial charge in [-0.15, -0.1) is 0 Å². The smallest absolute Gasteiger partial charge is 0.281 e. The number of rotatable bonds is 6. The van der Waals surface area contributed by atoms with Crippen molar-refractivity contribution < 1.29 is 4.79 Å². The number of carbonyl (C=O) groups is 1. The molecule has 2 aromatic heterocycles. The second-order valence-electron chi connectivity index (χ2n) is 8.35. The predicted molar refractivity (Wildman–Crippen MR) is 124 cm³/mol. The van der Waals surface area contributed by atoms with Gasteiger partial charge in [0.15, 0.2) is 0 Å².